The summed E-state index contributed by atoms with van der Waals surface area (Å²) in [6.45, 7) is 8.70. The second-order valence-corrected chi connectivity index (χ2v) is 13.6. The molecule has 6 nitrogen and oxygen atoms in total. The first-order chi connectivity index (χ1) is 20.2. The van der Waals surface area contributed by atoms with Gasteiger partial charge in [-0.05, 0) is 110 Å². The minimum Gasteiger partial charge on any atom is -0.508 e. The monoisotopic (exact) mass is 572 g/mol. The SMILES string of the molecule is CC[C@H](/C=C1\OC(=O)C2=C(c3cccc(O)c3)[C@@H]3CC[C@@]21[C@H]1C2=C(CC[C@@H]31)C(=CC[C@H](C)CO)OC2=O)CCC(C)C. The minimum absolute atomic E-state index is 0.0769. The number of fused-ring (bicyclic) bond motifs is 1. The van der Waals surface area contributed by atoms with Gasteiger partial charge in [-0.25, -0.2) is 9.59 Å². The van der Waals surface area contributed by atoms with Gasteiger partial charge in [0.05, 0.1) is 11.0 Å². The number of benzene rings is 1. The van der Waals surface area contributed by atoms with Crippen molar-refractivity contribution in [3.8, 4) is 5.75 Å². The molecule has 1 aromatic rings. The number of hydrogen-bond acceptors (Lipinski definition) is 6. The van der Waals surface area contributed by atoms with Crippen molar-refractivity contribution in [1.29, 1.82) is 0 Å². The van der Waals surface area contributed by atoms with E-state index in [1.165, 1.54) is 0 Å². The zero-order chi connectivity index (χ0) is 29.8. The molecule has 6 atom stereocenters. The van der Waals surface area contributed by atoms with Crippen molar-refractivity contribution < 1.29 is 29.3 Å². The number of phenols is 1. The summed E-state index contributed by atoms with van der Waals surface area (Å²) in [5.74, 6) is 1.91. The highest BCUT2D eigenvalue weighted by molar-refractivity contribution is 6.06. The molecule has 1 saturated heterocycles. The lowest BCUT2D eigenvalue weighted by Gasteiger charge is -2.56. The van der Waals surface area contributed by atoms with E-state index in [1.807, 2.05) is 25.1 Å². The van der Waals surface area contributed by atoms with Gasteiger partial charge in [-0.1, -0.05) is 46.2 Å². The van der Waals surface area contributed by atoms with Crippen molar-refractivity contribution in [2.45, 2.75) is 79.1 Å². The van der Waals surface area contributed by atoms with Crippen LogP contribution in [0.1, 0.15) is 84.6 Å². The molecule has 2 heterocycles. The van der Waals surface area contributed by atoms with Crippen molar-refractivity contribution >= 4 is 17.5 Å². The van der Waals surface area contributed by atoms with Crippen molar-refractivity contribution in [3.05, 3.63) is 70.2 Å². The Bertz CT molecular complexity index is 1410. The maximum Gasteiger partial charge on any atom is 0.340 e. The van der Waals surface area contributed by atoms with Crippen LogP contribution >= 0.6 is 0 Å². The molecular formula is C36H44O6. The number of esters is 2. The van der Waals surface area contributed by atoms with Crippen LogP contribution in [0.4, 0.5) is 0 Å². The molecule has 7 rings (SSSR count). The Hall–Kier alpha value is -3.12. The predicted octanol–water partition coefficient (Wildman–Crippen LogP) is 7.24. The maximum absolute atomic E-state index is 14.0. The van der Waals surface area contributed by atoms with Crippen molar-refractivity contribution in [2.24, 2.45) is 40.9 Å². The number of cyclic esters (lactones) is 2. The lowest BCUT2D eigenvalue weighted by Crippen LogP contribution is -2.52. The smallest absolute Gasteiger partial charge is 0.340 e. The molecule has 1 spiro atoms. The fourth-order valence-electron chi connectivity index (χ4n) is 8.46. The predicted molar refractivity (Wildman–Crippen MR) is 160 cm³/mol. The first-order valence-electron chi connectivity index (χ1n) is 15.9. The summed E-state index contributed by atoms with van der Waals surface area (Å²) in [6, 6.07) is 7.24. The number of carbonyl (C=O) groups is 2. The van der Waals surface area contributed by atoms with Crippen molar-refractivity contribution in [3.63, 3.8) is 0 Å². The van der Waals surface area contributed by atoms with Crippen molar-refractivity contribution in [2.75, 3.05) is 6.61 Å². The highest BCUT2D eigenvalue weighted by Gasteiger charge is 2.68. The molecule has 2 N–H and O–H groups in total. The van der Waals surface area contributed by atoms with Gasteiger partial charge >= 0.3 is 11.9 Å². The molecule has 4 aliphatic carbocycles. The Labute approximate surface area is 249 Å². The fourth-order valence-corrected chi connectivity index (χ4v) is 8.46. The second-order valence-electron chi connectivity index (χ2n) is 13.6. The van der Waals surface area contributed by atoms with Gasteiger partial charge in [-0.3, -0.25) is 0 Å². The van der Waals surface area contributed by atoms with Crippen LogP contribution in [0.2, 0.25) is 0 Å². The number of carbonyl (C=O) groups excluding carboxylic acids is 2. The van der Waals surface area contributed by atoms with Gasteiger partial charge in [0.1, 0.15) is 17.3 Å². The van der Waals surface area contributed by atoms with Gasteiger partial charge in [0, 0.05) is 23.7 Å². The van der Waals surface area contributed by atoms with Gasteiger partial charge < -0.3 is 19.7 Å². The highest BCUT2D eigenvalue weighted by Crippen LogP contribution is 2.71. The highest BCUT2D eigenvalue weighted by atomic mass is 16.5. The number of aliphatic hydroxyl groups is 1. The van der Waals surface area contributed by atoms with E-state index in [9.17, 15) is 19.8 Å². The third-order valence-corrected chi connectivity index (χ3v) is 10.5. The molecular weight excluding hydrogens is 528 g/mol. The van der Waals surface area contributed by atoms with Crippen LogP contribution in [0.5, 0.6) is 5.75 Å². The number of rotatable bonds is 9. The Balaban J connectivity index is 1.55. The normalized spacial score (nSPS) is 31.4. The number of ether oxygens (including phenoxy) is 2. The van der Waals surface area contributed by atoms with Gasteiger partial charge in [0.2, 0.25) is 0 Å². The van der Waals surface area contributed by atoms with E-state index in [-0.39, 0.29) is 53.9 Å². The van der Waals surface area contributed by atoms with Crippen LogP contribution in [0, 0.1) is 40.9 Å². The van der Waals surface area contributed by atoms with E-state index in [4.69, 9.17) is 9.47 Å². The summed E-state index contributed by atoms with van der Waals surface area (Å²) in [5, 5.41) is 20.0. The average Bonchev–Trinajstić information content (AvgIpc) is 3.46. The van der Waals surface area contributed by atoms with Crippen LogP contribution in [0.15, 0.2) is 64.7 Å². The first-order valence-corrected chi connectivity index (χ1v) is 15.9. The Morgan fingerprint density at radius 2 is 1.88 bits per heavy atom. The van der Waals surface area contributed by atoms with E-state index in [0.717, 1.165) is 73.0 Å². The van der Waals surface area contributed by atoms with E-state index < -0.39 is 5.41 Å². The lowest BCUT2D eigenvalue weighted by molar-refractivity contribution is -0.135. The quantitative estimate of drug-likeness (QED) is 0.303. The Morgan fingerprint density at radius 3 is 2.60 bits per heavy atom. The number of aromatic hydroxyl groups is 1. The zero-order valence-corrected chi connectivity index (χ0v) is 25.3. The van der Waals surface area contributed by atoms with E-state index in [2.05, 4.69) is 26.8 Å². The molecule has 6 heteroatoms. The van der Waals surface area contributed by atoms with Gasteiger partial charge in [-0.15, -0.1) is 0 Å². The number of phenolic OH excluding ortho intramolecular Hbond substituents is 1. The lowest BCUT2D eigenvalue weighted by atomic mass is 9.44. The Kier molecular flexibility index (Phi) is 7.71. The molecule has 0 aromatic heterocycles. The van der Waals surface area contributed by atoms with Gasteiger partial charge in [0.15, 0.2) is 0 Å². The molecule has 6 aliphatic rings. The van der Waals surface area contributed by atoms with E-state index >= 15 is 0 Å². The fraction of sp³-hybridized carbons (Fsp3) is 0.556. The van der Waals surface area contributed by atoms with Crippen LogP contribution in [0.3, 0.4) is 0 Å². The molecule has 2 fully saturated rings. The number of aliphatic hydroxyl groups excluding tert-OH is 1. The Morgan fingerprint density at radius 1 is 1.07 bits per heavy atom. The molecule has 42 heavy (non-hydrogen) atoms. The van der Waals surface area contributed by atoms with Crippen LogP contribution in [-0.2, 0) is 19.1 Å². The second kappa shape index (κ2) is 11.2. The van der Waals surface area contributed by atoms with E-state index in [0.29, 0.717) is 23.7 Å². The summed E-state index contributed by atoms with van der Waals surface area (Å²) < 4.78 is 12.2. The van der Waals surface area contributed by atoms with Crippen LogP contribution < -0.4 is 0 Å². The third-order valence-electron chi connectivity index (χ3n) is 10.5. The molecule has 0 amide bonds. The molecule has 2 aliphatic heterocycles. The maximum atomic E-state index is 14.0. The van der Waals surface area contributed by atoms with E-state index in [1.54, 1.807) is 12.1 Å². The third kappa shape index (κ3) is 4.57. The minimum atomic E-state index is -0.726. The largest absolute Gasteiger partial charge is 0.508 e. The summed E-state index contributed by atoms with van der Waals surface area (Å²) in [5.41, 5.74) is 3.52. The number of allylic oxidation sites excluding steroid dienone is 5. The standard InChI is InChI=1S/C36H44O6/c1-5-22(11-9-20(2)3)17-29-36-16-15-25(30(33(36)35(40)42-29)23-7-6-8-24(38)18-23)26-12-13-27-28(14-10-21(4)19-37)41-34(39)31(27)32(26)36/h6-8,14,17-18,20-22,25-26,32,37-38H,5,9-13,15-16,19H2,1-4H3/b28-14?,29-17-/t21-,22-,25+,26-,32+,36+/m0/s1. The molecule has 1 aromatic carbocycles. The molecule has 224 valence electrons. The summed E-state index contributed by atoms with van der Waals surface area (Å²) in [6.07, 6.45) is 11.2. The topological polar surface area (TPSA) is 93.1 Å². The first kappa shape index (κ1) is 29.0. The van der Waals surface area contributed by atoms with Crippen LogP contribution in [-0.4, -0.2) is 28.8 Å². The van der Waals surface area contributed by atoms with Crippen molar-refractivity contribution in [1.82, 2.24) is 0 Å². The average molecular weight is 573 g/mol. The molecule has 0 radical (unpaired) electrons. The summed E-state index contributed by atoms with van der Waals surface area (Å²) >= 11 is 0. The zero-order valence-electron chi connectivity index (χ0n) is 25.3. The molecule has 2 bridgehead atoms. The van der Waals surface area contributed by atoms with Gasteiger partial charge in [0.25, 0.3) is 0 Å². The van der Waals surface area contributed by atoms with Gasteiger partial charge in [-0.2, -0.15) is 0 Å². The molecule has 0 unspecified atom stereocenters. The molecule has 1 saturated carbocycles. The summed E-state index contributed by atoms with van der Waals surface area (Å²) in [4.78, 5) is 27.7. The number of hydrogen-bond donors (Lipinski definition) is 2. The summed E-state index contributed by atoms with van der Waals surface area (Å²) in [7, 11) is 0. The van der Waals surface area contributed by atoms with Crippen LogP contribution in [0.25, 0.3) is 5.57 Å².